The Morgan fingerprint density at radius 2 is 2.04 bits per heavy atom. The fourth-order valence-electron chi connectivity index (χ4n) is 3.71. The second-order valence-electron chi connectivity index (χ2n) is 6.61. The summed E-state index contributed by atoms with van der Waals surface area (Å²) in [4.78, 5) is 14.7. The van der Waals surface area contributed by atoms with Gasteiger partial charge < -0.3 is 9.42 Å². The number of hydrogen-bond acceptors (Lipinski definition) is 3. The van der Waals surface area contributed by atoms with E-state index in [1.165, 1.54) is 11.1 Å². The van der Waals surface area contributed by atoms with Gasteiger partial charge in [0.2, 0.25) is 0 Å². The molecule has 124 valence electrons. The Balaban J connectivity index is 1.54. The van der Waals surface area contributed by atoms with Gasteiger partial charge in [0.15, 0.2) is 5.82 Å². The maximum Gasteiger partial charge on any atom is 0.323 e. The maximum absolute atomic E-state index is 12.7. The van der Waals surface area contributed by atoms with Crippen molar-refractivity contribution in [3.63, 3.8) is 0 Å². The molecule has 2 amide bonds. The van der Waals surface area contributed by atoms with Gasteiger partial charge in [-0.05, 0) is 44.2 Å². The smallest absolute Gasteiger partial charge is 0.323 e. The minimum absolute atomic E-state index is 0.0812. The van der Waals surface area contributed by atoms with Crippen molar-refractivity contribution in [2.45, 2.75) is 45.2 Å². The summed E-state index contributed by atoms with van der Waals surface area (Å²) in [7, 11) is 0. The van der Waals surface area contributed by atoms with Gasteiger partial charge in [0.1, 0.15) is 5.76 Å². The van der Waals surface area contributed by atoms with Gasteiger partial charge in [-0.3, -0.25) is 5.32 Å². The molecule has 2 aromatic rings. The Morgan fingerprint density at radius 1 is 1.25 bits per heavy atom. The molecule has 0 spiro atoms. The van der Waals surface area contributed by atoms with Crippen molar-refractivity contribution in [2.75, 3.05) is 5.32 Å². The first-order valence-electron chi connectivity index (χ1n) is 8.42. The van der Waals surface area contributed by atoms with Crippen LogP contribution in [0.4, 0.5) is 10.6 Å². The van der Waals surface area contributed by atoms with Crippen molar-refractivity contribution in [1.82, 2.24) is 10.1 Å². The number of carbonyl (C=O) groups is 1. The van der Waals surface area contributed by atoms with Crippen molar-refractivity contribution in [1.29, 1.82) is 0 Å². The number of hydrogen-bond donors (Lipinski definition) is 1. The third-order valence-corrected chi connectivity index (χ3v) is 5.16. The molecule has 3 heterocycles. The van der Waals surface area contributed by atoms with E-state index in [1.54, 1.807) is 0 Å². The first-order chi connectivity index (χ1) is 11.6. The molecule has 1 aromatic carbocycles. The topological polar surface area (TPSA) is 58.4 Å². The van der Waals surface area contributed by atoms with E-state index < -0.39 is 0 Å². The molecule has 1 fully saturated rings. The fourth-order valence-corrected chi connectivity index (χ4v) is 3.71. The van der Waals surface area contributed by atoms with E-state index in [0.717, 1.165) is 30.6 Å². The number of nitrogens with one attached hydrogen (secondary N) is 1. The molecule has 5 nitrogen and oxygen atoms in total. The summed E-state index contributed by atoms with van der Waals surface area (Å²) < 4.78 is 5.13. The monoisotopic (exact) mass is 323 g/mol. The van der Waals surface area contributed by atoms with E-state index >= 15 is 0 Å². The number of aromatic nitrogens is 1. The number of benzene rings is 1. The highest BCUT2D eigenvalue weighted by molar-refractivity contribution is 5.90. The summed E-state index contributed by atoms with van der Waals surface area (Å²) in [6.45, 7) is 3.75. The molecule has 1 saturated heterocycles. The van der Waals surface area contributed by atoms with Gasteiger partial charge in [0.05, 0.1) is 6.04 Å². The molecule has 2 aliphatic heterocycles. The Morgan fingerprint density at radius 3 is 2.71 bits per heavy atom. The van der Waals surface area contributed by atoms with Crippen LogP contribution in [0.5, 0.6) is 0 Å². The Kier molecular flexibility index (Phi) is 3.63. The van der Waals surface area contributed by atoms with Crippen LogP contribution in [0, 0.1) is 13.8 Å². The highest BCUT2D eigenvalue weighted by atomic mass is 16.5. The van der Waals surface area contributed by atoms with E-state index in [2.05, 4.69) is 40.8 Å². The van der Waals surface area contributed by atoms with Crippen molar-refractivity contribution < 1.29 is 9.32 Å². The van der Waals surface area contributed by atoms with E-state index in [-0.39, 0.29) is 18.1 Å². The van der Waals surface area contributed by atoms with Gasteiger partial charge in [-0.25, -0.2) is 4.79 Å². The largest absolute Gasteiger partial charge is 0.359 e. The molecule has 4 rings (SSSR count). The highest BCUT2D eigenvalue weighted by Gasteiger charge is 2.40. The minimum atomic E-state index is -0.0812. The lowest BCUT2D eigenvalue weighted by molar-refractivity contribution is 0.193. The summed E-state index contributed by atoms with van der Waals surface area (Å²) >= 11 is 0. The Hall–Kier alpha value is -2.56. The summed E-state index contributed by atoms with van der Waals surface area (Å²) in [5.41, 5.74) is 3.49. The van der Waals surface area contributed by atoms with Crippen molar-refractivity contribution >= 4 is 17.4 Å². The van der Waals surface area contributed by atoms with Crippen LogP contribution in [-0.4, -0.2) is 28.2 Å². The first kappa shape index (κ1) is 15.0. The molecular formula is C19H21N3O2. The number of aryl methyl sites for hydroxylation is 1. The van der Waals surface area contributed by atoms with E-state index in [9.17, 15) is 4.79 Å². The van der Waals surface area contributed by atoms with Crippen molar-refractivity contribution in [3.05, 3.63) is 53.3 Å². The Bertz CT molecular complexity index is 794. The van der Waals surface area contributed by atoms with Crippen LogP contribution < -0.4 is 5.32 Å². The number of urea groups is 1. The molecule has 0 radical (unpaired) electrons. The second kappa shape index (κ2) is 5.82. The maximum atomic E-state index is 12.7. The molecule has 24 heavy (non-hydrogen) atoms. The predicted octanol–water partition coefficient (Wildman–Crippen LogP) is 4.14. The number of fused-ring (bicyclic) bond motifs is 2. The summed E-state index contributed by atoms with van der Waals surface area (Å²) in [5.74, 6) is 1.26. The SMILES string of the molecule is Cc1onc(NC(=O)N2C3C=C(c4ccccc4)CC2CC3)c1C. The number of anilines is 1. The van der Waals surface area contributed by atoms with Crippen LogP contribution in [0.15, 0.2) is 40.9 Å². The summed E-state index contributed by atoms with van der Waals surface area (Å²) in [5, 5.41) is 6.84. The van der Waals surface area contributed by atoms with Crippen molar-refractivity contribution in [3.8, 4) is 0 Å². The van der Waals surface area contributed by atoms with Crippen LogP contribution >= 0.6 is 0 Å². The lowest BCUT2D eigenvalue weighted by atomic mass is 9.95. The third kappa shape index (κ3) is 2.50. The standard InChI is InChI=1S/C19H21N3O2/c1-12-13(2)24-21-18(12)20-19(23)22-16-8-9-17(22)11-15(10-16)14-6-4-3-5-7-14/h3-7,10,16-17H,8-9,11H2,1-2H3,(H,20,21,23). The molecular weight excluding hydrogens is 302 g/mol. The molecule has 2 atom stereocenters. The van der Waals surface area contributed by atoms with Gasteiger partial charge in [-0.2, -0.15) is 0 Å². The average molecular weight is 323 g/mol. The molecule has 0 saturated carbocycles. The molecule has 2 bridgehead atoms. The number of carbonyl (C=O) groups excluding carboxylic acids is 1. The molecule has 1 N–H and O–H groups in total. The first-order valence-corrected chi connectivity index (χ1v) is 8.42. The van der Waals surface area contributed by atoms with Gasteiger partial charge in [0.25, 0.3) is 0 Å². The average Bonchev–Trinajstić information content (AvgIpc) is 3.05. The lowest BCUT2D eigenvalue weighted by Crippen LogP contribution is -2.45. The van der Waals surface area contributed by atoms with Gasteiger partial charge in [-0.1, -0.05) is 41.6 Å². The minimum Gasteiger partial charge on any atom is -0.359 e. The van der Waals surface area contributed by atoms with Crippen LogP contribution in [0.2, 0.25) is 0 Å². The highest BCUT2D eigenvalue weighted by Crippen LogP contribution is 2.38. The van der Waals surface area contributed by atoms with Gasteiger partial charge >= 0.3 is 6.03 Å². The summed E-state index contributed by atoms with van der Waals surface area (Å²) in [6, 6.07) is 10.8. The third-order valence-electron chi connectivity index (χ3n) is 5.16. The van der Waals surface area contributed by atoms with E-state index in [4.69, 9.17) is 4.52 Å². The second-order valence-corrected chi connectivity index (χ2v) is 6.61. The van der Waals surface area contributed by atoms with E-state index in [0.29, 0.717) is 5.82 Å². The molecule has 2 unspecified atom stereocenters. The fraction of sp³-hybridized carbons (Fsp3) is 0.368. The molecule has 2 aliphatic rings. The zero-order valence-electron chi connectivity index (χ0n) is 14.0. The zero-order valence-corrected chi connectivity index (χ0v) is 14.0. The number of rotatable bonds is 2. The predicted molar refractivity (Wildman–Crippen MR) is 92.7 cm³/mol. The molecule has 1 aromatic heterocycles. The van der Waals surface area contributed by atoms with Crippen LogP contribution in [0.1, 0.15) is 36.1 Å². The van der Waals surface area contributed by atoms with Crippen LogP contribution in [0.25, 0.3) is 5.57 Å². The van der Waals surface area contributed by atoms with Gasteiger partial charge in [-0.15, -0.1) is 0 Å². The lowest BCUT2D eigenvalue weighted by Gasteiger charge is -2.34. The quantitative estimate of drug-likeness (QED) is 0.903. The van der Waals surface area contributed by atoms with Crippen molar-refractivity contribution in [2.24, 2.45) is 0 Å². The number of nitrogens with zero attached hydrogens (tertiary/aromatic N) is 2. The Labute approximate surface area is 141 Å². The summed E-state index contributed by atoms with van der Waals surface area (Å²) in [6.07, 6.45) is 5.22. The zero-order chi connectivity index (χ0) is 16.7. The van der Waals surface area contributed by atoms with Crippen LogP contribution in [-0.2, 0) is 0 Å². The molecule has 0 aliphatic carbocycles. The normalized spacial score (nSPS) is 22.4. The van der Waals surface area contributed by atoms with E-state index in [1.807, 2.05) is 24.8 Å². The van der Waals surface area contributed by atoms with Crippen LogP contribution in [0.3, 0.4) is 0 Å². The van der Waals surface area contributed by atoms with Gasteiger partial charge in [0, 0.05) is 11.6 Å². The number of amides is 2. The molecule has 5 heteroatoms.